The van der Waals surface area contributed by atoms with Gasteiger partial charge in [0.2, 0.25) is 5.91 Å². The van der Waals surface area contributed by atoms with Gasteiger partial charge in [0, 0.05) is 12.1 Å². The molecule has 1 aliphatic carbocycles. The summed E-state index contributed by atoms with van der Waals surface area (Å²) in [6.07, 6.45) is 7.92. The number of carbonyl (C=O) groups excluding carboxylic acids is 1. The number of carboxylic acid groups (broad SMARTS) is 1. The van der Waals surface area contributed by atoms with E-state index in [1.807, 2.05) is 0 Å². The molecule has 0 heterocycles. The Morgan fingerprint density at radius 1 is 1.24 bits per heavy atom. The maximum Gasteiger partial charge on any atom is 0.307 e. The van der Waals surface area contributed by atoms with Crippen LogP contribution in [0.2, 0.25) is 0 Å². The largest absolute Gasteiger partial charge is 0.481 e. The Hall–Kier alpha value is -1.84. The normalized spacial score (nSPS) is 15.0. The number of hydrogen-bond donors (Lipinski definition) is 2. The highest BCUT2D eigenvalue weighted by Gasteiger charge is 2.15. The van der Waals surface area contributed by atoms with Crippen molar-refractivity contribution in [1.82, 2.24) is 0 Å². The quantitative estimate of drug-likeness (QED) is 0.805. The summed E-state index contributed by atoms with van der Waals surface area (Å²) >= 11 is 0. The van der Waals surface area contributed by atoms with Gasteiger partial charge in [-0.05, 0) is 36.5 Å². The molecule has 0 saturated heterocycles. The predicted octanol–water partition coefficient (Wildman–Crippen LogP) is 3.61. The van der Waals surface area contributed by atoms with Crippen molar-refractivity contribution in [2.45, 2.75) is 51.4 Å². The number of benzene rings is 1. The van der Waals surface area contributed by atoms with Crippen molar-refractivity contribution < 1.29 is 14.7 Å². The van der Waals surface area contributed by atoms with Crippen LogP contribution in [0.25, 0.3) is 0 Å². The SMILES string of the molecule is O=C(O)Cc1cccc(NC(=O)CCCC2CCCC2)c1. The van der Waals surface area contributed by atoms with Crippen LogP contribution in [0.5, 0.6) is 0 Å². The number of rotatable bonds is 7. The minimum Gasteiger partial charge on any atom is -0.481 e. The fourth-order valence-electron chi connectivity index (χ4n) is 3.01. The third kappa shape index (κ3) is 5.58. The van der Waals surface area contributed by atoms with Gasteiger partial charge < -0.3 is 10.4 Å². The number of aliphatic carboxylic acids is 1. The van der Waals surface area contributed by atoms with Gasteiger partial charge in [-0.25, -0.2) is 0 Å². The van der Waals surface area contributed by atoms with Crippen molar-refractivity contribution >= 4 is 17.6 Å². The predicted molar refractivity (Wildman–Crippen MR) is 82.2 cm³/mol. The average Bonchev–Trinajstić information content (AvgIpc) is 2.91. The lowest BCUT2D eigenvalue weighted by Gasteiger charge is -2.09. The number of amides is 1. The van der Waals surface area contributed by atoms with Crippen LogP contribution < -0.4 is 5.32 Å². The number of hydrogen-bond acceptors (Lipinski definition) is 2. The Kier molecular flexibility index (Phi) is 5.78. The van der Waals surface area contributed by atoms with E-state index in [2.05, 4.69) is 5.32 Å². The molecule has 1 saturated carbocycles. The lowest BCUT2D eigenvalue weighted by Crippen LogP contribution is -2.12. The first kappa shape index (κ1) is 15.5. The molecule has 0 atom stereocenters. The smallest absolute Gasteiger partial charge is 0.307 e. The highest BCUT2D eigenvalue weighted by atomic mass is 16.4. The maximum atomic E-state index is 11.9. The second kappa shape index (κ2) is 7.81. The van der Waals surface area contributed by atoms with Gasteiger partial charge in [-0.1, -0.05) is 37.8 Å². The molecular formula is C17H23NO3. The molecule has 2 rings (SSSR count). The molecule has 1 fully saturated rings. The number of carbonyl (C=O) groups is 2. The van der Waals surface area contributed by atoms with Crippen molar-refractivity contribution in [2.75, 3.05) is 5.32 Å². The molecule has 4 heteroatoms. The number of anilines is 1. The fourth-order valence-corrected chi connectivity index (χ4v) is 3.01. The lowest BCUT2D eigenvalue weighted by atomic mass is 10.0. The van der Waals surface area contributed by atoms with E-state index in [4.69, 9.17) is 5.11 Å². The zero-order chi connectivity index (χ0) is 15.1. The van der Waals surface area contributed by atoms with Crippen molar-refractivity contribution in [3.8, 4) is 0 Å². The van der Waals surface area contributed by atoms with Gasteiger partial charge in [-0.3, -0.25) is 9.59 Å². The average molecular weight is 289 g/mol. The van der Waals surface area contributed by atoms with Gasteiger partial charge in [0.25, 0.3) is 0 Å². The van der Waals surface area contributed by atoms with Crippen molar-refractivity contribution in [3.63, 3.8) is 0 Å². The lowest BCUT2D eigenvalue weighted by molar-refractivity contribution is -0.136. The molecule has 1 aromatic rings. The van der Waals surface area contributed by atoms with Crippen LogP contribution in [0.1, 0.15) is 50.5 Å². The molecule has 1 aromatic carbocycles. The third-order valence-electron chi connectivity index (χ3n) is 4.06. The van der Waals surface area contributed by atoms with Crippen molar-refractivity contribution in [1.29, 1.82) is 0 Å². The van der Waals surface area contributed by atoms with Gasteiger partial charge in [-0.2, -0.15) is 0 Å². The summed E-state index contributed by atoms with van der Waals surface area (Å²) < 4.78 is 0. The molecule has 1 aliphatic rings. The molecular weight excluding hydrogens is 266 g/mol. The minimum atomic E-state index is -0.866. The summed E-state index contributed by atoms with van der Waals surface area (Å²) in [5, 5.41) is 11.6. The topological polar surface area (TPSA) is 66.4 Å². The second-order valence-electron chi connectivity index (χ2n) is 5.86. The van der Waals surface area contributed by atoms with E-state index >= 15 is 0 Å². The van der Waals surface area contributed by atoms with Gasteiger partial charge in [-0.15, -0.1) is 0 Å². The molecule has 0 unspecified atom stereocenters. The molecule has 2 N–H and O–H groups in total. The zero-order valence-electron chi connectivity index (χ0n) is 12.3. The van der Waals surface area contributed by atoms with Gasteiger partial charge >= 0.3 is 5.97 Å². The molecule has 114 valence electrons. The van der Waals surface area contributed by atoms with Gasteiger partial charge in [0.1, 0.15) is 0 Å². The number of carboxylic acids is 1. The summed E-state index contributed by atoms with van der Waals surface area (Å²) in [4.78, 5) is 22.6. The third-order valence-corrected chi connectivity index (χ3v) is 4.06. The van der Waals surface area contributed by atoms with E-state index in [0.29, 0.717) is 17.7 Å². The van der Waals surface area contributed by atoms with Crippen LogP contribution in [0, 0.1) is 5.92 Å². The molecule has 4 nitrogen and oxygen atoms in total. The Morgan fingerprint density at radius 2 is 2.00 bits per heavy atom. The second-order valence-corrected chi connectivity index (χ2v) is 5.86. The summed E-state index contributed by atoms with van der Waals surface area (Å²) in [6.45, 7) is 0. The number of nitrogens with one attached hydrogen (secondary N) is 1. The fraction of sp³-hybridized carbons (Fsp3) is 0.529. The molecule has 0 radical (unpaired) electrons. The van der Waals surface area contributed by atoms with Crippen molar-refractivity contribution in [2.24, 2.45) is 5.92 Å². The van der Waals surface area contributed by atoms with E-state index in [0.717, 1.165) is 18.8 Å². The highest BCUT2D eigenvalue weighted by Crippen LogP contribution is 2.28. The molecule has 0 spiro atoms. The summed E-state index contributed by atoms with van der Waals surface area (Å²) in [7, 11) is 0. The first-order valence-corrected chi connectivity index (χ1v) is 7.74. The van der Waals surface area contributed by atoms with Gasteiger partial charge in [0.05, 0.1) is 6.42 Å². The van der Waals surface area contributed by atoms with Crippen LogP contribution in [-0.2, 0) is 16.0 Å². The van der Waals surface area contributed by atoms with Crippen LogP contribution >= 0.6 is 0 Å². The summed E-state index contributed by atoms with van der Waals surface area (Å²) in [5.74, 6) is -0.0350. The first-order valence-electron chi connectivity index (χ1n) is 7.74. The maximum absolute atomic E-state index is 11.9. The minimum absolute atomic E-state index is 0.0143. The van der Waals surface area contributed by atoms with E-state index in [9.17, 15) is 9.59 Å². The van der Waals surface area contributed by atoms with E-state index < -0.39 is 5.97 Å². The molecule has 0 bridgehead atoms. The Labute approximate surface area is 125 Å². The van der Waals surface area contributed by atoms with Crippen molar-refractivity contribution in [3.05, 3.63) is 29.8 Å². The zero-order valence-corrected chi connectivity index (χ0v) is 12.3. The van der Waals surface area contributed by atoms with E-state index in [1.165, 1.54) is 25.7 Å². The summed E-state index contributed by atoms with van der Waals surface area (Å²) in [6, 6.07) is 7.04. The van der Waals surface area contributed by atoms with E-state index in [-0.39, 0.29) is 12.3 Å². The monoisotopic (exact) mass is 289 g/mol. The van der Waals surface area contributed by atoms with Crippen LogP contribution in [-0.4, -0.2) is 17.0 Å². The Bertz CT molecular complexity index is 493. The highest BCUT2D eigenvalue weighted by molar-refractivity contribution is 5.90. The first-order chi connectivity index (χ1) is 10.1. The Morgan fingerprint density at radius 3 is 2.71 bits per heavy atom. The van der Waals surface area contributed by atoms with Crippen LogP contribution in [0.3, 0.4) is 0 Å². The van der Waals surface area contributed by atoms with E-state index in [1.54, 1.807) is 24.3 Å². The standard InChI is InChI=1S/C17H23NO3/c19-16(10-4-7-13-5-1-2-6-13)18-15-9-3-8-14(11-15)12-17(20)21/h3,8-9,11,13H,1-2,4-7,10,12H2,(H,18,19)(H,20,21). The van der Waals surface area contributed by atoms with Crippen LogP contribution in [0.4, 0.5) is 5.69 Å². The Balaban J connectivity index is 1.75. The molecule has 0 aromatic heterocycles. The van der Waals surface area contributed by atoms with Crippen LogP contribution in [0.15, 0.2) is 24.3 Å². The molecule has 1 amide bonds. The molecule has 21 heavy (non-hydrogen) atoms. The molecule has 0 aliphatic heterocycles. The summed E-state index contributed by atoms with van der Waals surface area (Å²) in [5.41, 5.74) is 1.38. The van der Waals surface area contributed by atoms with Gasteiger partial charge in [0.15, 0.2) is 0 Å².